The van der Waals surface area contributed by atoms with Crippen molar-refractivity contribution in [2.45, 2.75) is 24.8 Å². The van der Waals surface area contributed by atoms with Gasteiger partial charge in [-0.1, -0.05) is 0 Å². The van der Waals surface area contributed by atoms with Crippen LogP contribution in [0.5, 0.6) is 0 Å². The summed E-state index contributed by atoms with van der Waals surface area (Å²) in [4.78, 5) is 7.12. The largest absolute Gasteiger partial charge is 0.393 e. The van der Waals surface area contributed by atoms with Crippen LogP contribution in [0.25, 0.3) is 22.2 Å². The van der Waals surface area contributed by atoms with E-state index in [2.05, 4.69) is 38.8 Å². The molecule has 0 bridgehead atoms. The number of fused-ring (bicyclic) bond motifs is 1. The lowest BCUT2D eigenvalue weighted by Crippen LogP contribution is -2.62. The van der Waals surface area contributed by atoms with E-state index in [-0.39, 0.29) is 0 Å². The zero-order chi connectivity index (χ0) is 22.1. The molecule has 5 heterocycles. The number of anilines is 1. The number of hydrogen-bond acceptors (Lipinski definition) is 7. The quantitative estimate of drug-likeness (QED) is 0.542. The van der Waals surface area contributed by atoms with E-state index < -0.39 is 0 Å². The van der Waals surface area contributed by atoms with Crippen LogP contribution in [-0.2, 0) is 0 Å². The maximum Gasteiger partial charge on any atom is 0.128 e. The molecular formula is C24H26N8. The van der Waals surface area contributed by atoms with Crippen LogP contribution in [-0.4, -0.2) is 53.0 Å². The number of nitriles is 1. The highest BCUT2D eigenvalue weighted by Crippen LogP contribution is 2.34. The Morgan fingerprint density at radius 1 is 1.28 bits per heavy atom. The molecule has 0 aromatic carbocycles. The number of nitrogens with one attached hydrogen (secondary N) is 3. The molecule has 3 N–H and O–H groups in total. The van der Waals surface area contributed by atoms with Crippen molar-refractivity contribution in [3.63, 3.8) is 0 Å². The van der Waals surface area contributed by atoms with Gasteiger partial charge in [0.2, 0.25) is 0 Å². The van der Waals surface area contributed by atoms with E-state index in [4.69, 9.17) is 10.4 Å². The normalized spacial score (nSPS) is 17.8. The number of aromatic nitrogens is 3. The van der Waals surface area contributed by atoms with Crippen LogP contribution in [0.3, 0.4) is 0 Å². The molecule has 2 fully saturated rings. The molecule has 0 atom stereocenters. The van der Waals surface area contributed by atoms with Crippen molar-refractivity contribution in [3.05, 3.63) is 54.1 Å². The van der Waals surface area contributed by atoms with Crippen LogP contribution in [0.4, 0.5) is 5.82 Å². The fraction of sp³-hybridized carbons (Fsp3) is 0.333. The lowest BCUT2D eigenvalue weighted by atomic mass is 9.79. The third-order valence-corrected chi connectivity index (χ3v) is 6.73. The molecule has 0 aliphatic carbocycles. The van der Waals surface area contributed by atoms with Crippen molar-refractivity contribution < 1.29 is 0 Å². The molecule has 8 nitrogen and oxygen atoms in total. The minimum Gasteiger partial charge on any atom is -0.393 e. The van der Waals surface area contributed by atoms with E-state index in [9.17, 15) is 5.26 Å². The molecule has 1 spiro atoms. The van der Waals surface area contributed by atoms with Gasteiger partial charge in [-0.3, -0.25) is 0 Å². The molecular weight excluding hydrogens is 400 g/mol. The third-order valence-electron chi connectivity index (χ3n) is 6.73. The summed E-state index contributed by atoms with van der Waals surface area (Å²) in [5.74, 6) is 0.986. The number of rotatable bonds is 5. The Bertz CT molecular complexity index is 1220. The summed E-state index contributed by atoms with van der Waals surface area (Å²) < 4.78 is 1.71. The minimum atomic E-state index is 0.367. The lowest BCUT2D eigenvalue weighted by molar-refractivity contribution is 0.163. The summed E-state index contributed by atoms with van der Waals surface area (Å²) in [6, 6.07) is 8.36. The first-order valence-electron chi connectivity index (χ1n) is 10.9. The van der Waals surface area contributed by atoms with Gasteiger partial charge in [-0.05, 0) is 44.0 Å². The van der Waals surface area contributed by atoms with Crippen LogP contribution in [0.15, 0.2) is 43.0 Å². The third kappa shape index (κ3) is 3.41. The van der Waals surface area contributed by atoms with E-state index in [1.54, 1.807) is 24.0 Å². The van der Waals surface area contributed by atoms with Gasteiger partial charge in [0.05, 0.1) is 17.3 Å². The van der Waals surface area contributed by atoms with E-state index in [0.717, 1.165) is 66.1 Å². The van der Waals surface area contributed by atoms with Gasteiger partial charge in [0.25, 0.3) is 0 Å². The van der Waals surface area contributed by atoms with Crippen molar-refractivity contribution in [2.75, 3.05) is 31.6 Å². The van der Waals surface area contributed by atoms with Gasteiger partial charge in [-0.25, -0.2) is 9.50 Å². The maximum absolute atomic E-state index is 9.60. The Morgan fingerprint density at radius 3 is 2.69 bits per heavy atom. The fourth-order valence-corrected chi connectivity index (χ4v) is 4.75. The number of allylic oxidation sites excluding steroid dienone is 1. The Hall–Kier alpha value is -3.70. The highest BCUT2D eigenvalue weighted by atomic mass is 15.2. The molecule has 162 valence electrons. The molecule has 2 aliphatic rings. The van der Waals surface area contributed by atoms with Crippen LogP contribution in [0.2, 0.25) is 0 Å². The number of nitrogens with zero attached hydrogens (tertiary/aromatic N) is 5. The van der Waals surface area contributed by atoms with E-state index in [1.807, 2.05) is 18.5 Å². The molecule has 3 aromatic rings. The summed E-state index contributed by atoms with van der Waals surface area (Å²) in [5, 5.41) is 28.3. The molecule has 5 rings (SSSR count). The highest BCUT2D eigenvalue weighted by molar-refractivity contribution is 6.08. The maximum atomic E-state index is 9.60. The van der Waals surface area contributed by atoms with Crippen LogP contribution in [0, 0.1) is 16.7 Å². The Labute approximate surface area is 187 Å². The van der Waals surface area contributed by atoms with Gasteiger partial charge in [-0.15, -0.1) is 0 Å². The smallest absolute Gasteiger partial charge is 0.128 e. The van der Waals surface area contributed by atoms with Crippen LogP contribution < -0.4 is 15.5 Å². The number of hydrogen-bond donors (Lipinski definition) is 3. The first-order chi connectivity index (χ1) is 15.7. The Morgan fingerprint density at radius 2 is 2.09 bits per heavy atom. The van der Waals surface area contributed by atoms with Crippen molar-refractivity contribution in [3.8, 4) is 17.2 Å². The first kappa shape index (κ1) is 20.2. The topological polar surface area (TPSA) is 105 Å². The summed E-state index contributed by atoms with van der Waals surface area (Å²) in [5.41, 5.74) is 4.97. The fourth-order valence-electron chi connectivity index (χ4n) is 4.75. The zero-order valence-corrected chi connectivity index (χ0v) is 18.1. The van der Waals surface area contributed by atoms with Crippen molar-refractivity contribution in [1.82, 2.24) is 25.2 Å². The second-order valence-electron chi connectivity index (χ2n) is 8.49. The molecule has 32 heavy (non-hydrogen) atoms. The Kier molecular flexibility index (Phi) is 5.11. The van der Waals surface area contributed by atoms with Gasteiger partial charge >= 0.3 is 0 Å². The molecule has 8 heteroatoms. The monoisotopic (exact) mass is 426 g/mol. The second-order valence-corrected chi connectivity index (χ2v) is 8.49. The number of pyridine rings is 2. The molecule has 0 amide bonds. The molecule has 0 unspecified atom stereocenters. The predicted octanol–water partition coefficient (Wildman–Crippen LogP) is 2.81. The van der Waals surface area contributed by atoms with Crippen molar-refractivity contribution >= 4 is 23.1 Å². The minimum absolute atomic E-state index is 0.367. The van der Waals surface area contributed by atoms with Gasteiger partial charge in [0.15, 0.2) is 0 Å². The molecule has 2 saturated heterocycles. The van der Waals surface area contributed by atoms with Gasteiger partial charge in [-0.2, -0.15) is 10.4 Å². The summed E-state index contributed by atoms with van der Waals surface area (Å²) >= 11 is 0. The highest BCUT2D eigenvalue weighted by Gasteiger charge is 2.39. The van der Waals surface area contributed by atoms with Crippen molar-refractivity contribution in [2.24, 2.45) is 0 Å². The zero-order valence-electron chi connectivity index (χ0n) is 18.1. The molecule has 0 radical (unpaired) electrons. The summed E-state index contributed by atoms with van der Waals surface area (Å²) in [6.07, 6.45) is 12.0. The van der Waals surface area contributed by atoms with Gasteiger partial charge < -0.3 is 20.9 Å². The standard InChI is InChI=1S/C24H26N8/c1-27-13-19(11-25)18-10-21(23-20(12-26)15-30-32(23)16-18)17-2-3-22(28-14-17)31-8-5-24(6-9-31)4-7-29-24/h2-3,10-11,13-16,25,27,29H,4-9H2,1H3/b19-13+,25-11?. The van der Waals surface area contributed by atoms with Gasteiger partial charge in [0.1, 0.15) is 11.9 Å². The summed E-state index contributed by atoms with van der Waals surface area (Å²) in [7, 11) is 1.80. The van der Waals surface area contributed by atoms with E-state index in [1.165, 1.54) is 12.6 Å². The Balaban J connectivity index is 1.50. The first-order valence-corrected chi connectivity index (χ1v) is 10.9. The number of piperidine rings is 1. The molecule has 3 aromatic heterocycles. The van der Waals surface area contributed by atoms with Crippen LogP contribution >= 0.6 is 0 Å². The average Bonchev–Trinajstić information content (AvgIpc) is 3.24. The van der Waals surface area contributed by atoms with Gasteiger partial charge in [0, 0.05) is 72.7 Å². The summed E-state index contributed by atoms with van der Waals surface area (Å²) in [6.45, 7) is 3.17. The van der Waals surface area contributed by atoms with E-state index in [0.29, 0.717) is 11.1 Å². The average molecular weight is 427 g/mol. The van der Waals surface area contributed by atoms with E-state index >= 15 is 0 Å². The second kappa shape index (κ2) is 8.09. The predicted molar refractivity (Wildman–Crippen MR) is 126 cm³/mol. The molecule has 2 aliphatic heterocycles. The molecule has 0 saturated carbocycles. The SMILES string of the molecule is CN/C=C(\C=N)c1cc(-c2ccc(N3CCC4(CCN4)CC3)nc2)c2c(C#N)cnn2c1. The lowest BCUT2D eigenvalue weighted by Gasteiger charge is -2.49. The van der Waals surface area contributed by atoms with Crippen LogP contribution in [0.1, 0.15) is 30.4 Å². The van der Waals surface area contributed by atoms with Crippen molar-refractivity contribution in [1.29, 1.82) is 10.7 Å².